The molecule has 272 valence electrons. The minimum atomic E-state index is 0.313. The number of halogens is 1. The molecule has 8 rings (SSSR count). The average molecular weight is 786 g/mol. The summed E-state index contributed by atoms with van der Waals surface area (Å²) < 4.78 is 7.29. The number of aryl methyl sites for hydroxylation is 4. The minimum absolute atomic E-state index is 0.313. The van der Waals surface area contributed by atoms with Crippen molar-refractivity contribution in [3.63, 3.8) is 0 Å². The van der Waals surface area contributed by atoms with Crippen molar-refractivity contribution in [1.82, 2.24) is 19.9 Å². The summed E-state index contributed by atoms with van der Waals surface area (Å²) in [5.74, 6) is 1.93. The van der Waals surface area contributed by atoms with Crippen molar-refractivity contribution in [3.05, 3.63) is 197 Å². The Morgan fingerprint density at radius 3 is 1.51 bits per heavy atom. The van der Waals surface area contributed by atoms with Crippen LogP contribution < -0.4 is 4.74 Å². The third kappa shape index (κ3) is 10.8. The van der Waals surface area contributed by atoms with E-state index in [1.807, 2.05) is 129 Å². The Balaban J connectivity index is 0.000000155. The van der Waals surface area contributed by atoms with E-state index >= 15 is 0 Å². The van der Waals surface area contributed by atoms with Gasteiger partial charge in [0.25, 0.3) is 0 Å². The van der Waals surface area contributed by atoms with E-state index in [0.717, 1.165) is 72.1 Å². The monoisotopic (exact) mass is 784 g/mol. The fraction of sp³-hybridized carbons (Fsp3) is 0.0833. The van der Waals surface area contributed by atoms with Crippen molar-refractivity contribution in [1.29, 1.82) is 0 Å². The third-order valence-electron chi connectivity index (χ3n) is 8.63. The number of aromatic nitrogens is 4. The number of phenols is 1. The highest BCUT2D eigenvalue weighted by molar-refractivity contribution is 9.10. The predicted molar refractivity (Wildman–Crippen MR) is 227 cm³/mol. The molecule has 0 aliphatic carbocycles. The van der Waals surface area contributed by atoms with Gasteiger partial charge >= 0.3 is 0 Å². The maximum atomic E-state index is 9.53. The molecule has 0 amide bonds. The number of nitrogens with zero attached hydrogens (tertiary/aromatic N) is 4. The van der Waals surface area contributed by atoms with Gasteiger partial charge in [-0.25, -0.2) is 0 Å². The molecule has 4 heterocycles. The molecule has 0 saturated carbocycles. The largest absolute Gasteiger partial charge is 0.508 e. The van der Waals surface area contributed by atoms with Crippen LogP contribution in [0.3, 0.4) is 0 Å². The van der Waals surface area contributed by atoms with Gasteiger partial charge in [0.2, 0.25) is 0 Å². The van der Waals surface area contributed by atoms with Crippen LogP contribution in [-0.2, 0) is 0 Å². The van der Waals surface area contributed by atoms with Crippen molar-refractivity contribution >= 4 is 15.9 Å². The first-order valence-corrected chi connectivity index (χ1v) is 18.6. The summed E-state index contributed by atoms with van der Waals surface area (Å²) in [6, 6.07) is 47.7. The second kappa shape index (κ2) is 18.5. The number of phenolic OH excluding ortho intramolecular Hbond substituents is 1. The summed E-state index contributed by atoms with van der Waals surface area (Å²) in [6.07, 6.45) is 7.21. The number of ether oxygens (including phenoxy) is 1. The van der Waals surface area contributed by atoms with Crippen molar-refractivity contribution in [2.75, 3.05) is 0 Å². The maximum Gasteiger partial charge on any atom is 0.131 e. The first-order valence-electron chi connectivity index (χ1n) is 17.8. The predicted octanol–water partition coefficient (Wildman–Crippen LogP) is 12.8. The average Bonchev–Trinajstić information content (AvgIpc) is 3.21. The topological polar surface area (TPSA) is 81.0 Å². The molecule has 0 fully saturated rings. The Morgan fingerprint density at radius 2 is 0.964 bits per heavy atom. The molecule has 0 saturated heterocycles. The smallest absolute Gasteiger partial charge is 0.131 e. The molecule has 0 radical (unpaired) electrons. The number of hydrogen-bond donors (Lipinski definition) is 1. The fourth-order valence-corrected chi connectivity index (χ4v) is 5.99. The van der Waals surface area contributed by atoms with Gasteiger partial charge in [-0.05, 0) is 135 Å². The normalized spacial score (nSPS) is 10.3. The van der Waals surface area contributed by atoms with Crippen LogP contribution in [0.1, 0.15) is 22.3 Å². The van der Waals surface area contributed by atoms with Crippen LogP contribution in [0, 0.1) is 27.7 Å². The van der Waals surface area contributed by atoms with Gasteiger partial charge in [0.1, 0.15) is 17.2 Å². The molecule has 8 aromatic rings. The molecule has 55 heavy (non-hydrogen) atoms. The lowest BCUT2D eigenvalue weighted by Crippen LogP contribution is -1.91. The Hall–Kier alpha value is -6.44. The third-order valence-corrected chi connectivity index (χ3v) is 9.12. The second-order valence-electron chi connectivity index (χ2n) is 13.0. The molecule has 0 aliphatic rings. The summed E-state index contributed by atoms with van der Waals surface area (Å²) in [4.78, 5) is 17.4. The molecule has 1 N–H and O–H groups in total. The number of hydrogen-bond acceptors (Lipinski definition) is 6. The van der Waals surface area contributed by atoms with E-state index in [9.17, 15) is 5.11 Å². The van der Waals surface area contributed by atoms with Gasteiger partial charge < -0.3 is 9.84 Å². The summed E-state index contributed by atoms with van der Waals surface area (Å²) in [6.45, 7) is 8.06. The Labute approximate surface area is 331 Å². The second-order valence-corrected chi connectivity index (χ2v) is 13.9. The summed E-state index contributed by atoms with van der Waals surface area (Å²) in [5, 5.41) is 9.53. The number of benzene rings is 4. The molecule has 7 heteroatoms. The van der Waals surface area contributed by atoms with Crippen molar-refractivity contribution in [2.24, 2.45) is 0 Å². The molecule has 4 aromatic heterocycles. The molecule has 0 aliphatic heterocycles. The molecule has 0 bridgehead atoms. The highest BCUT2D eigenvalue weighted by atomic mass is 79.9. The molecule has 0 unspecified atom stereocenters. The Morgan fingerprint density at radius 1 is 0.436 bits per heavy atom. The van der Waals surface area contributed by atoms with Gasteiger partial charge in [0, 0.05) is 51.5 Å². The van der Waals surface area contributed by atoms with E-state index in [1.165, 1.54) is 11.1 Å². The zero-order valence-corrected chi connectivity index (χ0v) is 32.8. The molecule has 0 atom stereocenters. The van der Waals surface area contributed by atoms with Crippen LogP contribution in [0.2, 0.25) is 0 Å². The number of rotatable bonds is 6. The van der Waals surface area contributed by atoms with E-state index in [-0.39, 0.29) is 0 Å². The van der Waals surface area contributed by atoms with Crippen LogP contribution in [0.4, 0.5) is 0 Å². The van der Waals surface area contributed by atoms with Crippen LogP contribution in [0.5, 0.6) is 17.2 Å². The van der Waals surface area contributed by atoms with Gasteiger partial charge in [-0.3, -0.25) is 19.9 Å². The molecule has 4 aromatic carbocycles. The van der Waals surface area contributed by atoms with E-state index in [1.54, 1.807) is 18.5 Å². The molecule has 0 spiro atoms. The van der Waals surface area contributed by atoms with Crippen LogP contribution in [-0.4, -0.2) is 25.0 Å². The zero-order chi connectivity index (χ0) is 38.6. The van der Waals surface area contributed by atoms with Crippen LogP contribution in [0.25, 0.3) is 45.0 Å². The lowest BCUT2D eigenvalue weighted by atomic mass is 10.1. The van der Waals surface area contributed by atoms with E-state index in [2.05, 4.69) is 86.1 Å². The maximum absolute atomic E-state index is 9.53. The molecular weight excluding hydrogens is 744 g/mol. The SMILES string of the molecule is Cc1ccc(-c2ccccn2)cc1O.Cc1ccnc(-c2cccc(Br)c2)c1.Cc1ccnc(-c2cccc(Oc3cc(-c4ccccn4)ccc3C)c2)c1. The Bertz CT molecular complexity index is 2450. The van der Waals surface area contributed by atoms with E-state index in [0.29, 0.717) is 5.75 Å². The molecular formula is C48H41BrN4O2. The first-order chi connectivity index (χ1) is 26.7. The molecule has 6 nitrogen and oxygen atoms in total. The van der Waals surface area contributed by atoms with Gasteiger partial charge in [-0.1, -0.05) is 76.6 Å². The summed E-state index contributed by atoms with van der Waals surface area (Å²) in [7, 11) is 0. The Kier molecular flexibility index (Phi) is 12.9. The van der Waals surface area contributed by atoms with Gasteiger partial charge in [-0.15, -0.1) is 0 Å². The number of aromatic hydroxyl groups is 1. The van der Waals surface area contributed by atoms with E-state index in [4.69, 9.17) is 4.74 Å². The van der Waals surface area contributed by atoms with Crippen molar-refractivity contribution in [3.8, 4) is 62.3 Å². The standard InChI is InChI=1S/C24H20N2O.C12H10BrN.C12H11NO/c1-17-11-13-26-23(14-17)19-6-5-7-21(15-19)27-24-16-20(10-9-18(24)2)22-8-3-4-12-25-22;1-9-5-6-14-12(7-9)10-3-2-4-11(13)8-10;1-9-5-6-10(8-12(9)14)11-4-2-3-7-13-11/h3-16H,1-2H3;2-8H,1H3;2-8,14H,1H3. The lowest BCUT2D eigenvalue weighted by molar-refractivity contribution is 0.471. The van der Waals surface area contributed by atoms with Gasteiger partial charge in [0.05, 0.1) is 22.8 Å². The summed E-state index contributed by atoms with van der Waals surface area (Å²) in [5.41, 5.74) is 12.3. The van der Waals surface area contributed by atoms with Crippen molar-refractivity contribution in [2.45, 2.75) is 27.7 Å². The van der Waals surface area contributed by atoms with Crippen LogP contribution in [0.15, 0.2) is 175 Å². The number of pyridine rings is 4. The zero-order valence-electron chi connectivity index (χ0n) is 31.2. The first kappa shape index (κ1) is 38.3. The van der Waals surface area contributed by atoms with Crippen LogP contribution >= 0.6 is 15.9 Å². The van der Waals surface area contributed by atoms with Crippen molar-refractivity contribution < 1.29 is 9.84 Å². The fourth-order valence-electron chi connectivity index (χ4n) is 5.59. The minimum Gasteiger partial charge on any atom is -0.508 e. The summed E-state index contributed by atoms with van der Waals surface area (Å²) >= 11 is 3.45. The van der Waals surface area contributed by atoms with Gasteiger partial charge in [-0.2, -0.15) is 0 Å². The highest BCUT2D eigenvalue weighted by Crippen LogP contribution is 2.32. The lowest BCUT2D eigenvalue weighted by Gasteiger charge is -2.12. The van der Waals surface area contributed by atoms with Gasteiger partial charge in [0.15, 0.2) is 0 Å². The highest BCUT2D eigenvalue weighted by Gasteiger charge is 2.08. The quantitative estimate of drug-likeness (QED) is 0.181. The van der Waals surface area contributed by atoms with E-state index < -0.39 is 0 Å².